The van der Waals surface area contributed by atoms with Gasteiger partial charge in [-0.3, -0.25) is 4.68 Å². The molecule has 0 amide bonds. The van der Waals surface area contributed by atoms with E-state index in [1.807, 2.05) is 24.3 Å². The predicted octanol–water partition coefficient (Wildman–Crippen LogP) is 1.91. The SMILES string of the molecule is Cn1ncc(Cl)c1C(N)C1COc2ccccc2O1. The molecule has 2 atom stereocenters. The van der Waals surface area contributed by atoms with Crippen LogP contribution in [0, 0.1) is 0 Å². The van der Waals surface area contributed by atoms with Crippen molar-refractivity contribution in [3.8, 4) is 11.5 Å². The molecule has 100 valence electrons. The summed E-state index contributed by atoms with van der Waals surface area (Å²) >= 11 is 6.10. The second-order valence-corrected chi connectivity index (χ2v) is 4.85. The molecule has 0 radical (unpaired) electrons. The van der Waals surface area contributed by atoms with Crippen molar-refractivity contribution in [2.24, 2.45) is 12.8 Å². The quantitative estimate of drug-likeness (QED) is 0.912. The number of benzene rings is 1. The third-order valence-electron chi connectivity index (χ3n) is 3.18. The standard InChI is InChI=1S/C13H14ClN3O2/c1-17-13(8(14)6-16-17)12(15)11-7-18-9-4-2-3-5-10(9)19-11/h2-6,11-12H,7,15H2,1H3. The lowest BCUT2D eigenvalue weighted by atomic mass is 10.1. The van der Waals surface area contributed by atoms with E-state index < -0.39 is 6.04 Å². The minimum atomic E-state index is -0.395. The Balaban J connectivity index is 1.85. The number of para-hydroxylation sites is 2. The average Bonchev–Trinajstić information content (AvgIpc) is 2.77. The second-order valence-electron chi connectivity index (χ2n) is 4.44. The fourth-order valence-corrected chi connectivity index (χ4v) is 2.48. The molecule has 0 saturated heterocycles. The Morgan fingerprint density at radius 3 is 2.84 bits per heavy atom. The Morgan fingerprint density at radius 2 is 2.16 bits per heavy atom. The molecule has 0 spiro atoms. The van der Waals surface area contributed by atoms with Gasteiger partial charge in [0.05, 0.1) is 23.0 Å². The molecule has 2 N–H and O–H groups in total. The summed E-state index contributed by atoms with van der Waals surface area (Å²) < 4.78 is 13.2. The maximum atomic E-state index is 6.22. The van der Waals surface area contributed by atoms with Gasteiger partial charge in [0.2, 0.25) is 0 Å². The Kier molecular flexibility index (Phi) is 3.08. The molecule has 1 aliphatic heterocycles. The first kappa shape index (κ1) is 12.3. The van der Waals surface area contributed by atoms with Crippen LogP contribution in [0.5, 0.6) is 11.5 Å². The van der Waals surface area contributed by atoms with Crippen molar-refractivity contribution in [1.29, 1.82) is 0 Å². The van der Waals surface area contributed by atoms with Crippen molar-refractivity contribution < 1.29 is 9.47 Å². The van der Waals surface area contributed by atoms with E-state index in [4.69, 9.17) is 26.8 Å². The Hall–Kier alpha value is -1.72. The number of aryl methyl sites for hydroxylation is 1. The fourth-order valence-electron chi connectivity index (χ4n) is 2.18. The van der Waals surface area contributed by atoms with Gasteiger partial charge in [-0.1, -0.05) is 23.7 Å². The summed E-state index contributed by atoms with van der Waals surface area (Å²) in [5, 5.41) is 4.62. The maximum Gasteiger partial charge on any atom is 0.161 e. The Morgan fingerprint density at radius 1 is 1.42 bits per heavy atom. The van der Waals surface area contributed by atoms with Gasteiger partial charge in [-0.2, -0.15) is 5.10 Å². The first-order valence-corrected chi connectivity index (χ1v) is 6.36. The highest BCUT2D eigenvalue weighted by molar-refractivity contribution is 6.31. The zero-order chi connectivity index (χ0) is 13.4. The van der Waals surface area contributed by atoms with Crippen LogP contribution in [0.15, 0.2) is 30.5 Å². The molecule has 19 heavy (non-hydrogen) atoms. The number of hydrogen-bond acceptors (Lipinski definition) is 4. The van der Waals surface area contributed by atoms with E-state index in [2.05, 4.69) is 5.10 Å². The molecule has 0 saturated carbocycles. The Bertz CT molecular complexity index is 580. The van der Waals surface area contributed by atoms with Crippen LogP contribution >= 0.6 is 11.6 Å². The third-order valence-corrected chi connectivity index (χ3v) is 3.48. The monoisotopic (exact) mass is 279 g/mol. The summed E-state index contributed by atoms with van der Waals surface area (Å²) in [6.07, 6.45) is 1.29. The van der Waals surface area contributed by atoms with Crippen molar-refractivity contribution in [3.63, 3.8) is 0 Å². The molecule has 1 aliphatic rings. The van der Waals surface area contributed by atoms with Crippen molar-refractivity contribution in [1.82, 2.24) is 9.78 Å². The third kappa shape index (κ3) is 2.15. The topological polar surface area (TPSA) is 62.3 Å². The smallest absolute Gasteiger partial charge is 0.161 e. The van der Waals surface area contributed by atoms with Gasteiger partial charge in [0.25, 0.3) is 0 Å². The highest BCUT2D eigenvalue weighted by Gasteiger charge is 2.30. The molecule has 1 aromatic heterocycles. The van der Waals surface area contributed by atoms with Crippen molar-refractivity contribution in [2.45, 2.75) is 12.1 Å². The lowest BCUT2D eigenvalue weighted by molar-refractivity contribution is 0.0702. The van der Waals surface area contributed by atoms with Gasteiger partial charge in [0.15, 0.2) is 17.6 Å². The molecule has 1 aromatic carbocycles. The molecular formula is C13H14ClN3O2. The van der Waals surface area contributed by atoms with Crippen molar-refractivity contribution in [3.05, 3.63) is 41.2 Å². The highest BCUT2D eigenvalue weighted by Crippen LogP contribution is 2.34. The molecular weight excluding hydrogens is 266 g/mol. The van der Waals surface area contributed by atoms with Gasteiger partial charge < -0.3 is 15.2 Å². The molecule has 2 unspecified atom stereocenters. The summed E-state index contributed by atoms with van der Waals surface area (Å²) in [6.45, 7) is 0.389. The lowest BCUT2D eigenvalue weighted by Gasteiger charge is -2.30. The molecule has 3 rings (SSSR count). The van der Waals surface area contributed by atoms with Crippen LogP contribution in [-0.2, 0) is 7.05 Å². The number of halogens is 1. The van der Waals surface area contributed by atoms with Gasteiger partial charge in [-0.25, -0.2) is 0 Å². The van der Waals surface area contributed by atoms with Crippen molar-refractivity contribution >= 4 is 11.6 Å². The summed E-state index contributed by atoms with van der Waals surface area (Å²) in [5.74, 6) is 1.44. The summed E-state index contributed by atoms with van der Waals surface area (Å²) in [6, 6.07) is 7.13. The number of nitrogens with zero attached hydrogens (tertiary/aromatic N) is 2. The predicted molar refractivity (Wildman–Crippen MR) is 71.5 cm³/mol. The normalized spacial score (nSPS) is 19.2. The van der Waals surface area contributed by atoms with Gasteiger partial charge >= 0.3 is 0 Å². The average molecular weight is 280 g/mol. The van der Waals surface area contributed by atoms with Crippen LogP contribution in [0.1, 0.15) is 11.7 Å². The van der Waals surface area contributed by atoms with Gasteiger partial charge in [-0.15, -0.1) is 0 Å². The van der Waals surface area contributed by atoms with Gasteiger partial charge in [0.1, 0.15) is 6.61 Å². The van der Waals surface area contributed by atoms with Crippen LogP contribution in [0.3, 0.4) is 0 Å². The van der Waals surface area contributed by atoms with Gasteiger partial charge in [0, 0.05) is 7.05 Å². The number of aromatic nitrogens is 2. The number of nitrogens with two attached hydrogens (primary N) is 1. The van der Waals surface area contributed by atoms with E-state index in [0.29, 0.717) is 17.4 Å². The second kappa shape index (κ2) is 4.75. The van der Waals surface area contributed by atoms with Crippen LogP contribution in [0.2, 0.25) is 5.02 Å². The van der Waals surface area contributed by atoms with E-state index in [-0.39, 0.29) is 6.10 Å². The molecule has 2 heterocycles. The van der Waals surface area contributed by atoms with Crippen LogP contribution in [0.4, 0.5) is 0 Å². The van der Waals surface area contributed by atoms with E-state index >= 15 is 0 Å². The molecule has 0 bridgehead atoms. The maximum absolute atomic E-state index is 6.22. The minimum Gasteiger partial charge on any atom is -0.486 e. The Labute approximate surface area is 115 Å². The lowest BCUT2D eigenvalue weighted by Crippen LogP contribution is -2.40. The van der Waals surface area contributed by atoms with E-state index in [1.54, 1.807) is 17.9 Å². The molecule has 5 nitrogen and oxygen atoms in total. The molecule has 6 heteroatoms. The number of fused-ring (bicyclic) bond motifs is 1. The zero-order valence-electron chi connectivity index (χ0n) is 10.4. The highest BCUT2D eigenvalue weighted by atomic mass is 35.5. The first-order chi connectivity index (χ1) is 9.16. The zero-order valence-corrected chi connectivity index (χ0v) is 11.2. The van der Waals surface area contributed by atoms with E-state index in [1.165, 1.54) is 0 Å². The summed E-state index contributed by atoms with van der Waals surface area (Å²) in [4.78, 5) is 0. The van der Waals surface area contributed by atoms with Crippen LogP contribution in [0.25, 0.3) is 0 Å². The van der Waals surface area contributed by atoms with E-state index in [9.17, 15) is 0 Å². The molecule has 0 fully saturated rings. The minimum absolute atomic E-state index is 0.289. The number of hydrogen-bond donors (Lipinski definition) is 1. The summed E-state index contributed by atoms with van der Waals surface area (Å²) in [7, 11) is 1.80. The molecule has 0 aliphatic carbocycles. The van der Waals surface area contributed by atoms with Crippen LogP contribution < -0.4 is 15.2 Å². The molecule has 2 aromatic rings. The number of ether oxygens (including phenoxy) is 2. The fraction of sp³-hybridized carbons (Fsp3) is 0.308. The summed E-state index contributed by atoms with van der Waals surface area (Å²) in [5.41, 5.74) is 6.97. The van der Waals surface area contributed by atoms with Crippen molar-refractivity contribution in [2.75, 3.05) is 6.61 Å². The van der Waals surface area contributed by atoms with Crippen LogP contribution in [-0.4, -0.2) is 22.5 Å². The van der Waals surface area contributed by atoms with E-state index in [0.717, 1.165) is 11.4 Å². The largest absolute Gasteiger partial charge is 0.486 e. The van der Waals surface area contributed by atoms with Gasteiger partial charge in [-0.05, 0) is 12.1 Å². The first-order valence-electron chi connectivity index (χ1n) is 5.98. The number of rotatable bonds is 2.